The second-order valence-corrected chi connectivity index (χ2v) is 4.71. The zero-order valence-corrected chi connectivity index (χ0v) is 10.3. The number of aromatic nitrogens is 3. The van der Waals surface area contributed by atoms with Crippen molar-refractivity contribution in [2.75, 3.05) is 5.75 Å². The van der Waals surface area contributed by atoms with Crippen molar-refractivity contribution in [1.29, 1.82) is 0 Å². The summed E-state index contributed by atoms with van der Waals surface area (Å²) in [4.78, 5) is 4.00. The van der Waals surface area contributed by atoms with Gasteiger partial charge in [0.15, 0.2) is 5.15 Å². The molecular weight excluding hydrogens is 241 g/mol. The molecule has 0 saturated carbocycles. The third-order valence-electron chi connectivity index (χ3n) is 1.79. The molecule has 1 aromatic heterocycles. The Morgan fingerprint density at radius 3 is 2.71 bits per heavy atom. The predicted octanol–water partition coefficient (Wildman–Crippen LogP) is 3.32. The Labute approximate surface area is 97.6 Å². The van der Waals surface area contributed by atoms with Gasteiger partial charge in [-0.1, -0.05) is 31.9 Å². The highest BCUT2D eigenvalue weighted by Crippen LogP contribution is 2.25. The van der Waals surface area contributed by atoms with Crippen LogP contribution in [0.3, 0.4) is 0 Å². The first-order valence-corrected chi connectivity index (χ1v) is 6.06. The summed E-state index contributed by atoms with van der Waals surface area (Å²) in [6.45, 7) is 4.33. The highest BCUT2D eigenvalue weighted by atomic mass is 35.5. The minimum Gasteiger partial charge on any atom is -0.207 e. The third-order valence-corrected chi connectivity index (χ3v) is 3.61. The monoisotopic (exact) mass is 251 g/mol. The summed E-state index contributed by atoms with van der Waals surface area (Å²) >= 11 is 13.0. The molecule has 0 amide bonds. The highest BCUT2D eigenvalue weighted by molar-refractivity contribution is 7.99. The van der Waals surface area contributed by atoms with E-state index in [-0.39, 0.29) is 5.28 Å². The first-order chi connectivity index (χ1) is 6.63. The van der Waals surface area contributed by atoms with Crippen LogP contribution >= 0.6 is 35.0 Å². The van der Waals surface area contributed by atoms with Crippen LogP contribution in [0.1, 0.15) is 20.3 Å². The molecule has 0 N–H and O–H groups in total. The molecule has 3 nitrogen and oxygen atoms in total. The maximum Gasteiger partial charge on any atom is 0.244 e. The van der Waals surface area contributed by atoms with E-state index in [0.29, 0.717) is 16.1 Å². The van der Waals surface area contributed by atoms with Gasteiger partial charge in [0, 0.05) is 5.75 Å². The van der Waals surface area contributed by atoms with E-state index in [1.54, 1.807) is 11.8 Å². The number of hydrogen-bond acceptors (Lipinski definition) is 4. The topological polar surface area (TPSA) is 38.7 Å². The molecule has 1 aromatic rings. The summed E-state index contributed by atoms with van der Waals surface area (Å²) < 4.78 is 0. The fraction of sp³-hybridized carbons (Fsp3) is 0.625. The zero-order valence-electron chi connectivity index (χ0n) is 8.00. The molecule has 1 unspecified atom stereocenters. The van der Waals surface area contributed by atoms with Crippen molar-refractivity contribution in [3.05, 3.63) is 10.4 Å². The van der Waals surface area contributed by atoms with Gasteiger partial charge in [-0.25, -0.2) is 4.98 Å². The lowest BCUT2D eigenvalue weighted by Gasteiger charge is -2.07. The summed E-state index contributed by atoms with van der Waals surface area (Å²) in [7, 11) is 0. The van der Waals surface area contributed by atoms with Crippen molar-refractivity contribution in [3.8, 4) is 0 Å². The van der Waals surface area contributed by atoms with Crippen molar-refractivity contribution >= 4 is 35.0 Å². The minimum absolute atomic E-state index is 0.140. The van der Waals surface area contributed by atoms with Gasteiger partial charge in [0.25, 0.3) is 0 Å². The molecule has 0 spiro atoms. The molecule has 0 aliphatic carbocycles. The second kappa shape index (κ2) is 5.73. The minimum atomic E-state index is 0.140. The maximum absolute atomic E-state index is 5.81. The van der Waals surface area contributed by atoms with Gasteiger partial charge in [-0.15, -0.1) is 22.0 Å². The van der Waals surface area contributed by atoms with Crippen molar-refractivity contribution in [2.45, 2.75) is 25.3 Å². The number of rotatable bonds is 4. The number of hydrogen-bond donors (Lipinski definition) is 0. The van der Waals surface area contributed by atoms with Gasteiger partial charge >= 0.3 is 0 Å². The number of thioether (sulfide) groups is 1. The van der Waals surface area contributed by atoms with Gasteiger partial charge in [0.05, 0.1) is 0 Å². The Morgan fingerprint density at radius 2 is 2.07 bits per heavy atom. The van der Waals surface area contributed by atoms with Crippen LogP contribution in [0, 0.1) is 5.92 Å². The molecule has 0 radical (unpaired) electrons. The van der Waals surface area contributed by atoms with Crippen molar-refractivity contribution in [1.82, 2.24) is 15.2 Å². The number of halogens is 2. The Balaban J connectivity index is 2.62. The van der Waals surface area contributed by atoms with Gasteiger partial charge in [-0.05, 0) is 17.5 Å². The van der Waals surface area contributed by atoms with Crippen molar-refractivity contribution in [2.24, 2.45) is 5.92 Å². The van der Waals surface area contributed by atoms with Crippen molar-refractivity contribution in [3.63, 3.8) is 0 Å². The lowest BCUT2D eigenvalue weighted by atomic mass is 10.2. The lowest BCUT2D eigenvalue weighted by molar-refractivity contribution is 0.636. The zero-order chi connectivity index (χ0) is 10.6. The van der Waals surface area contributed by atoms with Crippen LogP contribution in [-0.2, 0) is 0 Å². The fourth-order valence-corrected chi connectivity index (χ4v) is 2.12. The first kappa shape index (κ1) is 12.0. The van der Waals surface area contributed by atoms with Gasteiger partial charge in [-0.3, -0.25) is 0 Å². The molecule has 0 aliphatic rings. The molecule has 1 heterocycles. The molecular formula is C8H11Cl2N3S. The first-order valence-electron chi connectivity index (χ1n) is 4.32. The fourth-order valence-electron chi connectivity index (χ4n) is 0.711. The quantitative estimate of drug-likeness (QED) is 0.770. The lowest BCUT2D eigenvalue weighted by Crippen LogP contribution is -1.98. The van der Waals surface area contributed by atoms with E-state index in [1.807, 2.05) is 0 Å². The average Bonchev–Trinajstić information content (AvgIpc) is 2.19. The summed E-state index contributed by atoms with van der Waals surface area (Å²) in [5, 5.41) is 8.35. The Bertz CT molecular complexity index is 309. The van der Waals surface area contributed by atoms with Crippen LogP contribution in [0.25, 0.3) is 0 Å². The van der Waals surface area contributed by atoms with Gasteiger partial charge in [0.2, 0.25) is 5.28 Å². The standard InChI is InChI=1S/C8H11Cl2N3S/c1-3-5(2)4-14-7-6(9)12-13-8(10)11-7/h5H,3-4H2,1-2H3. The molecule has 1 rings (SSSR count). The highest BCUT2D eigenvalue weighted by Gasteiger charge is 2.08. The predicted molar refractivity (Wildman–Crippen MR) is 60.0 cm³/mol. The SMILES string of the molecule is CCC(C)CSc1nc(Cl)nnc1Cl. The van der Waals surface area contributed by atoms with Gasteiger partial charge in [0.1, 0.15) is 5.03 Å². The maximum atomic E-state index is 5.81. The molecule has 1 atom stereocenters. The van der Waals surface area contributed by atoms with E-state index in [1.165, 1.54) is 0 Å². The van der Waals surface area contributed by atoms with E-state index >= 15 is 0 Å². The van der Waals surface area contributed by atoms with Gasteiger partial charge < -0.3 is 0 Å². The summed E-state index contributed by atoms with van der Waals surface area (Å²) in [6, 6.07) is 0. The van der Waals surface area contributed by atoms with E-state index < -0.39 is 0 Å². The Hall–Kier alpha value is -0.0600. The van der Waals surface area contributed by atoms with E-state index in [0.717, 1.165) is 12.2 Å². The molecule has 0 aromatic carbocycles. The smallest absolute Gasteiger partial charge is 0.207 e. The Kier molecular flexibility index (Phi) is 4.92. The van der Waals surface area contributed by atoms with Crippen molar-refractivity contribution < 1.29 is 0 Å². The largest absolute Gasteiger partial charge is 0.244 e. The van der Waals surface area contributed by atoms with Crippen LogP contribution in [0.4, 0.5) is 0 Å². The van der Waals surface area contributed by atoms with E-state index in [2.05, 4.69) is 29.0 Å². The van der Waals surface area contributed by atoms with Gasteiger partial charge in [-0.2, -0.15) is 0 Å². The normalized spacial score (nSPS) is 12.9. The summed E-state index contributed by atoms with van der Waals surface area (Å²) in [5.41, 5.74) is 0. The Morgan fingerprint density at radius 1 is 1.36 bits per heavy atom. The average molecular weight is 252 g/mol. The van der Waals surface area contributed by atoms with Crippen LogP contribution in [-0.4, -0.2) is 20.9 Å². The van der Waals surface area contributed by atoms with Crippen LogP contribution in [0.2, 0.25) is 10.4 Å². The molecule has 6 heteroatoms. The van der Waals surface area contributed by atoms with Crippen LogP contribution in [0.5, 0.6) is 0 Å². The summed E-state index contributed by atoms with van der Waals surface area (Å²) in [6.07, 6.45) is 1.14. The number of nitrogens with zero attached hydrogens (tertiary/aromatic N) is 3. The molecule has 0 bridgehead atoms. The molecule has 0 aliphatic heterocycles. The molecule has 78 valence electrons. The molecule has 0 saturated heterocycles. The van der Waals surface area contributed by atoms with E-state index in [4.69, 9.17) is 23.2 Å². The second-order valence-electron chi connectivity index (χ2n) is 3.00. The van der Waals surface area contributed by atoms with Crippen LogP contribution < -0.4 is 0 Å². The molecule has 14 heavy (non-hydrogen) atoms. The van der Waals surface area contributed by atoms with Crippen LogP contribution in [0.15, 0.2) is 5.03 Å². The van der Waals surface area contributed by atoms with E-state index in [9.17, 15) is 0 Å². The summed E-state index contributed by atoms with van der Waals surface area (Å²) in [5.74, 6) is 1.59. The molecule has 0 fully saturated rings. The third kappa shape index (κ3) is 3.59.